The molecule has 8 aromatic rings. The second kappa shape index (κ2) is 12.0. The molecule has 7 aromatic carbocycles. The molecule has 2 aliphatic heterocycles. The third-order valence-electron chi connectivity index (χ3n) is 9.89. The SMILES string of the molecule is C1=Cc2c(n(-c3ccc4c(c3)Oc3ccccc3-c3ccccc3Oc3cc(-c5cccc(-c6ccccc6)c5)ccc3-4)c3ccccc23)NC1. The van der Waals surface area contributed by atoms with Crippen molar-refractivity contribution in [2.24, 2.45) is 0 Å². The van der Waals surface area contributed by atoms with Crippen LogP contribution < -0.4 is 14.8 Å². The van der Waals surface area contributed by atoms with Crippen molar-refractivity contribution in [3.05, 3.63) is 175 Å². The van der Waals surface area contributed by atoms with Crippen molar-refractivity contribution in [2.75, 3.05) is 11.9 Å². The maximum atomic E-state index is 7.00. The molecule has 0 saturated heterocycles. The summed E-state index contributed by atoms with van der Waals surface area (Å²) in [6.07, 6.45) is 4.39. The van der Waals surface area contributed by atoms with Crippen molar-refractivity contribution in [1.82, 2.24) is 4.57 Å². The fraction of sp³-hybridized carbons (Fsp3) is 0.0213. The van der Waals surface area contributed by atoms with E-state index in [1.807, 2.05) is 42.5 Å². The summed E-state index contributed by atoms with van der Waals surface area (Å²) in [5.74, 6) is 4.14. The molecule has 1 N–H and O–H groups in total. The number of aromatic nitrogens is 1. The van der Waals surface area contributed by atoms with Gasteiger partial charge in [-0.1, -0.05) is 121 Å². The van der Waals surface area contributed by atoms with E-state index in [1.165, 1.54) is 22.1 Å². The summed E-state index contributed by atoms with van der Waals surface area (Å²) in [6, 6.07) is 57.2. The van der Waals surface area contributed by atoms with Crippen molar-refractivity contribution in [2.45, 2.75) is 0 Å². The zero-order valence-corrected chi connectivity index (χ0v) is 27.7. The Labute approximate surface area is 296 Å². The first kappa shape index (κ1) is 29.2. The molecule has 0 bridgehead atoms. The monoisotopic (exact) mass is 656 g/mol. The van der Waals surface area contributed by atoms with Crippen molar-refractivity contribution in [3.8, 4) is 73.2 Å². The Kier molecular flexibility index (Phi) is 6.85. The van der Waals surface area contributed by atoms with Gasteiger partial charge in [0.15, 0.2) is 0 Å². The molecule has 10 rings (SSSR count). The molecule has 4 heteroatoms. The molecule has 0 atom stereocenters. The fourth-order valence-electron chi connectivity index (χ4n) is 7.48. The Hall–Kier alpha value is -6.78. The van der Waals surface area contributed by atoms with Gasteiger partial charge in [-0.25, -0.2) is 0 Å². The number of nitrogens with zero attached hydrogens (tertiary/aromatic N) is 1. The lowest BCUT2D eigenvalue weighted by atomic mass is 9.95. The van der Waals surface area contributed by atoms with Crippen LogP contribution in [0.2, 0.25) is 0 Å². The maximum absolute atomic E-state index is 7.00. The number of hydrogen-bond acceptors (Lipinski definition) is 3. The molecule has 2 aliphatic rings. The van der Waals surface area contributed by atoms with Crippen molar-refractivity contribution >= 4 is 22.8 Å². The lowest BCUT2D eigenvalue weighted by molar-refractivity contribution is 0.472. The highest BCUT2D eigenvalue weighted by Gasteiger charge is 2.23. The van der Waals surface area contributed by atoms with Crippen LogP contribution >= 0.6 is 0 Å². The minimum Gasteiger partial charge on any atom is -0.456 e. The molecule has 0 fully saturated rings. The fourth-order valence-corrected chi connectivity index (χ4v) is 7.48. The zero-order valence-electron chi connectivity index (χ0n) is 27.7. The van der Waals surface area contributed by atoms with Gasteiger partial charge in [0.05, 0.1) is 11.2 Å². The second-order valence-electron chi connectivity index (χ2n) is 12.9. The summed E-state index contributed by atoms with van der Waals surface area (Å²) < 4.78 is 16.3. The average Bonchev–Trinajstić information content (AvgIpc) is 3.53. The summed E-state index contributed by atoms with van der Waals surface area (Å²) in [5, 5.41) is 4.84. The van der Waals surface area contributed by atoms with Crippen molar-refractivity contribution in [1.29, 1.82) is 0 Å². The number of benzene rings is 7. The van der Waals surface area contributed by atoms with Crippen LogP contribution in [0.25, 0.3) is 67.2 Å². The molecule has 0 unspecified atom stereocenters. The average molecular weight is 657 g/mol. The zero-order chi connectivity index (χ0) is 33.7. The predicted molar refractivity (Wildman–Crippen MR) is 209 cm³/mol. The van der Waals surface area contributed by atoms with E-state index >= 15 is 0 Å². The van der Waals surface area contributed by atoms with Crippen LogP contribution in [0.1, 0.15) is 5.56 Å². The quantitative estimate of drug-likeness (QED) is 0.206. The molecule has 0 saturated carbocycles. The lowest BCUT2D eigenvalue weighted by Gasteiger charge is -2.23. The summed E-state index contributed by atoms with van der Waals surface area (Å²) in [6.45, 7) is 0.777. The standard InChI is InChI=1S/C47H32N2O2/c1-2-12-31(13-3-1)32-14-10-15-33(28-32)34-23-25-39-40-26-24-35(49-42-20-7-4-16-36(42)41-19-11-27-48-47(41)49)30-46(40)51-44-22-9-6-18-38(44)37-17-5-8-21-43(37)50-45(39)29-34/h1-26,28-30,48H,27H2. The van der Waals surface area contributed by atoms with Gasteiger partial charge in [0.1, 0.15) is 28.8 Å². The van der Waals surface area contributed by atoms with E-state index in [0.717, 1.165) is 79.9 Å². The van der Waals surface area contributed by atoms with Crippen molar-refractivity contribution in [3.63, 3.8) is 0 Å². The molecule has 0 aliphatic carbocycles. The number of nitrogens with one attached hydrogen (secondary N) is 1. The predicted octanol–water partition coefficient (Wildman–Crippen LogP) is 12.6. The van der Waals surface area contributed by atoms with Crippen LogP contribution in [0.5, 0.6) is 23.0 Å². The first-order valence-electron chi connectivity index (χ1n) is 17.3. The van der Waals surface area contributed by atoms with Crippen LogP contribution in [0, 0.1) is 0 Å². The summed E-state index contributed by atoms with van der Waals surface area (Å²) in [5.41, 5.74) is 11.7. The molecular formula is C47H32N2O2. The Morgan fingerprint density at radius 3 is 1.82 bits per heavy atom. The van der Waals surface area contributed by atoms with Crippen LogP contribution in [0.15, 0.2) is 170 Å². The largest absolute Gasteiger partial charge is 0.456 e. The number of hydrogen-bond donors (Lipinski definition) is 1. The van der Waals surface area contributed by atoms with Gasteiger partial charge in [-0.15, -0.1) is 0 Å². The Bertz CT molecular complexity index is 2650. The number of para-hydroxylation sites is 3. The number of ether oxygens (including phenoxy) is 2. The van der Waals surface area contributed by atoms with Gasteiger partial charge < -0.3 is 14.8 Å². The number of anilines is 1. The molecule has 0 amide bonds. The third-order valence-corrected chi connectivity index (χ3v) is 9.89. The molecule has 4 nitrogen and oxygen atoms in total. The van der Waals surface area contributed by atoms with Crippen molar-refractivity contribution < 1.29 is 9.47 Å². The minimum atomic E-state index is 0.751. The highest BCUT2D eigenvalue weighted by molar-refractivity contribution is 5.98. The van der Waals surface area contributed by atoms with E-state index in [4.69, 9.17) is 9.47 Å². The van der Waals surface area contributed by atoms with Crippen LogP contribution in [-0.2, 0) is 0 Å². The molecule has 51 heavy (non-hydrogen) atoms. The van der Waals surface area contributed by atoms with E-state index in [2.05, 4.69) is 143 Å². The van der Waals surface area contributed by atoms with Gasteiger partial charge in [-0.2, -0.15) is 0 Å². The van der Waals surface area contributed by atoms with Gasteiger partial charge in [0.25, 0.3) is 0 Å². The number of fused-ring (bicyclic) bond motifs is 9. The smallest absolute Gasteiger partial charge is 0.137 e. The van der Waals surface area contributed by atoms with E-state index in [-0.39, 0.29) is 0 Å². The molecule has 1 aromatic heterocycles. The maximum Gasteiger partial charge on any atom is 0.137 e. The van der Waals surface area contributed by atoms with E-state index in [1.54, 1.807) is 0 Å². The molecule has 3 heterocycles. The molecular weight excluding hydrogens is 625 g/mol. The topological polar surface area (TPSA) is 35.4 Å². The van der Waals surface area contributed by atoms with Crippen LogP contribution in [0.3, 0.4) is 0 Å². The number of rotatable bonds is 3. The lowest BCUT2D eigenvalue weighted by Crippen LogP contribution is -2.09. The minimum absolute atomic E-state index is 0.751. The molecule has 0 spiro atoms. The highest BCUT2D eigenvalue weighted by Crippen LogP contribution is 2.49. The van der Waals surface area contributed by atoms with Gasteiger partial charge in [-0.3, -0.25) is 4.57 Å². The summed E-state index contributed by atoms with van der Waals surface area (Å²) in [7, 11) is 0. The molecule has 242 valence electrons. The van der Waals surface area contributed by atoms with Crippen LogP contribution in [0.4, 0.5) is 5.82 Å². The Morgan fingerprint density at radius 2 is 1.04 bits per heavy atom. The van der Waals surface area contributed by atoms with E-state index in [0.29, 0.717) is 0 Å². The van der Waals surface area contributed by atoms with Crippen LogP contribution in [-0.4, -0.2) is 11.1 Å². The second-order valence-corrected chi connectivity index (χ2v) is 12.9. The van der Waals surface area contributed by atoms with Gasteiger partial charge in [0, 0.05) is 45.8 Å². The molecule has 0 radical (unpaired) electrons. The van der Waals surface area contributed by atoms with E-state index in [9.17, 15) is 0 Å². The normalized spacial score (nSPS) is 12.6. The van der Waals surface area contributed by atoms with Gasteiger partial charge in [-0.05, 0) is 70.8 Å². The Balaban J connectivity index is 1.18. The first-order valence-corrected chi connectivity index (χ1v) is 17.3. The Morgan fingerprint density at radius 1 is 0.451 bits per heavy atom. The summed E-state index contributed by atoms with van der Waals surface area (Å²) >= 11 is 0. The van der Waals surface area contributed by atoms with Gasteiger partial charge >= 0.3 is 0 Å². The third kappa shape index (κ3) is 5.00. The first-order chi connectivity index (χ1) is 25.3. The summed E-state index contributed by atoms with van der Waals surface area (Å²) in [4.78, 5) is 0. The van der Waals surface area contributed by atoms with Gasteiger partial charge in [0.2, 0.25) is 0 Å². The van der Waals surface area contributed by atoms with E-state index < -0.39 is 0 Å². The highest BCUT2D eigenvalue weighted by atomic mass is 16.5.